The maximum absolute atomic E-state index is 13.3. The lowest BCUT2D eigenvalue weighted by molar-refractivity contribution is 0.0987. The molecule has 0 amide bonds. The van der Waals surface area contributed by atoms with Crippen LogP contribution in [0.15, 0.2) is 59.5 Å². The van der Waals surface area contributed by atoms with E-state index in [1.54, 1.807) is 28.6 Å². The van der Waals surface area contributed by atoms with Crippen LogP contribution in [-0.2, 0) is 10.0 Å². The van der Waals surface area contributed by atoms with E-state index >= 15 is 0 Å². The average molecular weight is 484 g/mol. The van der Waals surface area contributed by atoms with Crippen LogP contribution in [0.3, 0.4) is 0 Å². The van der Waals surface area contributed by atoms with E-state index < -0.39 is 10.0 Å². The number of Topliss-reactive ketones (excluding diaryl/α,β-unsaturated/α-hetero) is 1. The van der Waals surface area contributed by atoms with Crippen molar-refractivity contribution in [3.63, 3.8) is 0 Å². The molecular formula is C27H37N3O3S. The summed E-state index contributed by atoms with van der Waals surface area (Å²) in [5, 5.41) is 3.34. The molecule has 2 saturated heterocycles. The Balaban J connectivity index is 1.41. The molecule has 0 radical (unpaired) electrons. The number of nitrogens with zero attached hydrogens (tertiary/aromatic N) is 2. The largest absolute Gasteiger partial charge is 0.308 e. The molecular weight excluding hydrogens is 446 g/mol. The van der Waals surface area contributed by atoms with Crippen LogP contribution in [0.1, 0.15) is 55.1 Å². The van der Waals surface area contributed by atoms with Crippen molar-refractivity contribution >= 4 is 15.8 Å². The average Bonchev–Trinajstić information content (AvgIpc) is 3.36. The highest BCUT2D eigenvalue weighted by molar-refractivity contribution is 7.89. The first-order chi connectivity index (χ1) is 16.3. The van der Waals surface area contributed by atoms with Crippen LogP contribution in [-0.4, -0.2) is 62.7 Å². The van der Waals surface area contributed by atoms with Crippen molar-refractivity contribution in [1.82, 2.24) is 14.5 Å². The van der Waals surface area contributed by atoms with Gasteiger partial charge < -0.3 is 5.32 Å². The number of sulfonamides is 1. The lowest BCUT2D eigenvalue weighted by Crippen LogP contribution is -2.42. The molecule has 34 heavy (non-hydrogen) atoms. The van der Waals surface area contributed by atoms with Gasteiger partial charge in [0.1, 0.15) is 0 Å². The second kappa shape index (κ2) is 11.1. The van der Waals surface area contributed by atoms with Crippen molar-refractivity contribution in [3.05, 3.63) is 65.7 Å². The normalized spacial score (nSPS) is 23.1. The third-order valence-corrected chi connectivity index (χ3v) is 8.85. The maximum atomic E-state index is 13.3. The van der Waals surface area contributed by atoms with Crippen LogP contribution in [0.2, 0.25) is 0 Å². The van der Waals surface area contributed by atoms with Gasteiger partial charge in [0, 0.05) is 31.2 Å². The standard InChI is InChI=1S/C27H37N3O3S/c1-21-15-22(2)20-30(19-21)34(32,33)25-12-8-11-24(16-25)27(31)18-28-17-26(29-13-6-7-14-29)23-9-4-3-5-10-23/h3-5,8-12,16,21-22,26,28H,6-7,13-15,17-20H2,1-2H3. The highest BCUT2D eigenvalue weighted by Gasteiger charge is 2.32. The first kappa shape index (κ1) is 25.0. The van der Waals surface area contributed by atoms with Gasteiger partial charge in [-0.2, -0.15) is 4.31 Å². The number of piperidine rings is 1. The minimum absolute atomic E-state index is 0.0920. The van der Waals surface area contributed by atoms with E-state index in [1.165, 1.54) is 18.4 Å². The summed E-state index contributed by atoms with van der Waals surface area (Å²) in [5.74, 6) is 0.576. The fourth-order valence-corrected chi connectivity index (χ4v) is 7.12. The molecule has 0 aromatic heterocycles. The van der Waals surface area contributed by atoms with E-state index in [2.05, 4.69) is 48.3 Å². The van der Waals surface area contributed by atoms with Crippen LogP contribution in [0.4, 0.5) is 0 Å². The first-order valence-corrected chi connectivity index (χ1v) is 13.9. The number of likely N-dealkylation sites (tertiary alicyclic amines) is 1. The Labute approximate surface area is 204 Å². The summed E-state index contributed by atoms with van der Waals surface area (Å²) >= 11 is 0. The molecule has 3 atom stereocenters. The zero-order valence-corrected chi connectivity index (χ0v) is 21.1. The van der Waals surface area contributed by atoms with Crippen LogP contribution < -0.4 is 5.32 Å². The quantitative estimate of drug-likeness (QED) is 0.547. The highest BCUT2D eigenvalue weighted by atomic mass is 32.2. The molecule has 6 nitrogen and oxygen atoms in total. The number of ketones is 1. The zero-order chi connectivity index (χ0) is 24.1. The smallest absolute Gasteiger partial charge is 0.243 e. The molecule has 1 N–H and O–H groups in total. The maximum Gasteiger partial charge on any atom is 0.243 e. The lowest BCUT2D eigenvalue weighted by Gasteiger charge is -2.34. The Morgan fingerprint density at radius 3 is 2.35 bits per heavy atom. The Bertz CT molecular complexity index is 1060. The molecule has 2 heterocycles. The van der Waals surface area contributed by atoms with Gasteiger partial charge >= 0.3 is 0 Å². The van der Waals surface area contributed by atoms with E-state index in [-0.39, 0.29) is 23.3 Å². The predicted molar refractivity (Wildman–Crippen MR) is 135 cm³/mol. The van der Waals surface area contributed by atoms with Gasteiger partial charge in [-0.15, -0.1) is 0 Å². The second-order valence-corrected chi connectivity index (χ2v) is 12.0. The summed E-state index contributed by atoms with van der Waals surface area (Å²) < 4.78 is 28.1. The molecule has 2 aliphatic heterocycles. The van der Waals surface area contributed by atoms with Crippen molar-refractivity contribution in [3.8, 4) is 0 Å². The van der Waals surface area contributed by atoms with Crippen molar-refractivity contribution in [2.75, 3.05) is 39.3 Å². The van der Waals surface area contributed by atoms with Crippen molar-refractivity contribution in [2.24, 2.45) is 11.8 Å². The molecule has 2 fully saturated rings. The molecule has 2 aromatic carbocycles. The molecule has 7 heteroatoms. The monoisotopic (exact) mass is 483 g/mol. The van der Waals surface area contributed by atoms with Gasteiger partial charge in [0.2, 0.25) is 10.0 Å². The zero-order valence-electron chi connectivity index (χ0n) is 20.3. The molecule has 0 bridgehead atoms. The van der Waals surface area contributed by atoms with Crippen LogP contribution in [0.5, 0.6) is 0 Å². The summed E-state index contributed by atoms with van der Waals surface area (Å²) in [4.78, 5) is 15.6. The summed E-state index contributed by atoms with van der Waals surface area (Å²) in [6, 6.07) is 17.2. The molecule has 184 valence electrons. The van der Waals surface area contributed by atoms with Crippen molar-refractivity contribution in [1.29, 1.82) is 0 Å². The van der Waals surface area contributed by atoms with Gasteiger partial charge in [-0.3, -0.25) is 9.69 Å². The minimum Gasteiger partial charge on any atom is -0.308 e. The Morgan fingerprint density at radius 2 is 1.68 bits per heavy atom. The number of nitrogens with one attached hydrogen (secondary N) is 1. The van der Waals surface area contributed by atoms with E-state index in [9.17, 15) is 13.2 Å². The van der Waals surface area contributed by atoms with E-state index in [0.29, 0.717) is 37.0 Å². The molecule has 0 aliphatic carbocycles. The van der Waals surface area contributed by atoms with Gasteiger partial charge in [0.05, 0.1) is 11.4 Å². The third kappa shape index (κ3) is 5.95. The Kier molecular flexibility index (Phi) is 8.19. The molecule has 2 aromatic rings. The van der Waals surface area contributed by atoms with E-state index in [1.807, 2.05) is 6.07 Å². The van der Waals surface area contributed by atoms with Gasteiger partial charge in [-0.1, -0.05) is 56.3 Å². The Morgan fingerprint density at radius 1 is 1.00 bits per heavy atom. The number of hydrogen-bond acceptors (Lipinski definition) is 5. The highest BCUT2D eigenvalue weighted by Crippen LogP contribution is 2.27. The number of benzene rings is 2. The molecule has 3 unspecified atom stereocenters. The fraction of sp³-hybridized carbons (Fsp3) is 0.519. The van der Waals surface area contributed by atoms with Crippen LogP contribution in [0.25, 0.3) is 0 Å². The lowest BCUT2D eigenvalue weighted by atomic mass is 9.94. The first-order valence-electron chi connectivity index (χ1n) is 12.5. The SMILES string of the molecule is CC1CC(C)CN(S(=O)(=O)c2cccc(C(=O)CNCC(c3ccccc3)N3CCCC3)c2)C1. The number of carbonyl (C=O) groups excluding carboxylic acids is 1. The fourth-order valence-electron chi connectivity index (χ4n) is 5.39. The van der Waals surface area contributed by atoms with Crippen LogP contribution in [0, 0.1) is 11.8 Å². The van der Waals surface area contributed by atoms with E-state index in [0.717, 1.165) is 19.5 Å². The third-order valence-electron chi connectivity index (χ3n) is 7.02. The molecule has 2 aliphatic rings. The number of hydrogen-bond donors (Lipinski definition) is 1. The minimum atomic E-state index is -3.61. The number of rotatable bonds is 9. The molecule has 4 rings (SSSR count). The number of carbonyl (C=O) groups is 1. The van der Waals surface area contributed by atoms with Gasteiger partial charge in [0.15, 0.2) is 5.78 Å². The summed E-state index contributed by atoms with van der Waals surface area (Å²) in [5.41, 5.74) is 1.69. The molecule has 0 saturated carbocycles. The van der Waals surface area contributed by atoms with Gasteiger partial charge in [0.25, 0.3) is 0 Å². The second-order valence-electron chi connectivity index (χ2n) is 10.0. The topological polar surface area (TPSA) is 69.7 Å². The van der Waals surface area contributed by atoms with Crippen molar-refractivity contribution < 1.29 is 13.2 Å². The summed E-state index contributed by atoms with van der Waals surface area (Å²) in [7, 11) is -3.61. The van der Waals surface area contributed by atoms with E-state index in [4.69, 9.17) is 0 Å². The predicted octanol–water partition coefficient (Wildman–Crippen LogP) is 3.96. The summed E-state index contributed by atoms with van der Waals surface area (Å²) in [6.07, 6.45) is 3.45. The summed E-state index contributed by atoms with van der Waals surface area (Å²) in [6.45, 7) is 8.25. The Hall–Kier alpha value is -2.06. The van der Waals surface area contributed by atoms with Gasteiger partial charge in [-0.25, -0.2) is 8.42 Å². The van der Waals surface area contributed by atoms with Gasteiger partial charge in [-0.05, 0) is 61.9 Å². The molecule has 0 spiro atoms. The van der Waals surface area contributed by atoms with Crippen LogP contribution >= 0.6 is 0 Å². The van der Waals surface area contributed by atoms with Crippen molar-refractivity contribution in [2.45, 2.75) is 44.0 Å².